The maximum absolute atomic E-state index is 12.3. The van der Waals surface area contributed by atoms with E-state index in [4.69, 9.17) is 0 Å². The molecule has 0 spiro atoms. The number of nitrogens with one attached hydrogen (secondary N) is 2. The van der Waals surface area contributed by atoms with Crippen LogP contribution >= 0.6 is 0 Å². The Balaban J connectivity index is 1.70. The molecule has 3 aromatic rings. The summed E-state index contributed by atoms with van der Waals surface area (Å²) in [5.41, 5.74) is 3.60. The molecule has 1 amide bonds. The summed E-state index contributed by atoms with van der Waals surface area (Å²) in [4.78, 5) is 12.3. The second-order valence-corrected chi connectivity index (χ2v) is 5.73. The Hall–Kier alpha value is -3.65. The van der Waals surface area contributed by atoms with E-state index in [2.05, 4.69) is 15.5 Å². The fourth-order valence-corrected chi connectivity index (χ4v) is 2.61. The van der Waals surface area contributed by atoms with Crippen LogP contribution in [-0.2, 0) is 11.2 Å². The van der Waals surface area contributed by atoms with E-state index in [9.17, 15) is 10.1 Å². The van der Waals surface area contributed by atoms with Gasteiger partial charge in [0, 0.05) is 17.7 Å². The minimum Gasteiger partial charge on any atom is -0.351 e. The lowest BCUT2D eigenvalue weighted by atomic mass is 10.1. The number of amides is 1. The van der Waals surface area contributed by atoms with Crippen LogP contribution in [0, 0.1) is 11.3 Å². The molecule has 2 aromatic carbocycles. The molecule has 0 atom stereocenters. The zero-order valence-corrected chi connectivity index (χ0v) is 14.1. The molecule has 0 unspecified atom stereocenters. The van der Waals surface area contributed by atoms with Crippen molar-refractivity contribution in [1.29, 1.82) is 5.26 Å². The number of carbonyl (C=O) groups excluding carboxylic acids is 1. The minimum atomic E-state index is -0.386. The molecule has 2 N–H and O–H groups in total. The average molecular weight is 342 g/mol. The zero-order chi connectivity index (χ0) is 18.2. The van der Waals surface area contributed by atoms with Crippen molar-refractivity contribution < 1.29 is 4.79 Å². The van der Waals surface area contributed by atoms with Gasteiger partial charge in [0.1, 0.15) is 11.6 Å². The quantitative estimate of drug-likeness (QED) is 0.532. The van der Waals surface area contributed by atoms with Crippen molar-refractivity contribution in [3.8, 4) is 17.3 Å². The molecule has 0 aliphatic heterocycles. The van der Waals surface area contributed by atoms with E-state index < -0.39 is 0 Å². The van der Waals surface area contributed by atoms with E-state index in [0.717, 1.165) is 16.8 Å². The van der Waals surface area contributed by atoms with E-state index in [0.29, 0.717) is 18.5 Å². The second kappa shape index (κ2) is 8.45. The number of carbonyl (C=O) groups is 1. The minimum absolute atomic E-state index is 0.0524. The molecule has 0 aliphatic carbocycles. The summed E-state index contributed by atoms with van der Waals surface area (Å²) in [7, 11) is 0. The highest BCUT2D eigenvalue weighted by Gasteiger charge is 2.12. The van der Waals surface area contributed by atoms with Crippen molar-refractivity contribution in [2.24, 2.45) is 0 Å². The molecule has 1 heterocycles. The van der Waals surface area contributed by atoms with Crippen molar-refractivity contribution in [3.63, 3.8) is 0 Å². The number of aromatic nitrogens is 2. The van der Waals surface area contributed by atoms with E-state index in [1.807, 2.05) is 66.7 Å². The van der Waals surface area contributed by atoms with Crippen LogP contribution < -0.4 is 5.32 Å². The van der Waals surface area contributed by atoms with Crippen molar-refractivity contribution in [2.45, 2.75) is 6.42 Å². The lowest BCUT2D eigenvalue weighted by Gasteiger charge is -2.05. The van der Waals surface area contributed by atoms with Crippen LogP contribution in [0.3, 0.4) is 0 Å². The summed E-state index contributed by atoms with van der Waals surface area (Å²) in [6, 6.07) is 21.5. The van der Waals surface area contributed by atoms with Gasteiger partial charge in [-0.15, -0.1) is 0 Å². The number of H-pyrrole nitrogens is 1. The average Bonchev–Trinajstić information content (AvgIpc) is 3.15. The first-order valence-electron chi connectivity index (χ1n) is 8.30. The van der Waals surface area contributed by atoms with Gasteiger partial charge in [0.25, 0.3) is 5.91 Å². The number of nitrogens with zero attached hydrogens (tertiary/aromatic N) is 2. The maximum atomic E-state index is 12.3. The molecule has 0 aliphatic rings. The maximum Gasteiger partial charge on any atom is 0.261 e. The predicted molar refractivity (Wildman–Crippen MR) is 101 cm³/mol. The molecule has 0 bridgehead atoms. The smallest absolute Gasteiger partial charge is 0.261 e. The van der Waals surface area contributed by atoms with E-state index in [1.54, 1.807) is 12.3 Å². The Kier molecular flexibility index (Phi) is 5.58. The Morgan fingerprint density at radius 2 is 1.81 bits per heavy atom. The lowest BCUT2D eigenvalue weighted by Crippen LogP contribution is -2.26. The Morgan fingerprint density at radius 1 is 1.12 bits per heavy atom. The third-order valence-corrected chi connectivity index (χ3v) is 3.94. The molecule has 0 saturated carbocycles. The van der Waals surface area contributed by atoms with Gasteiger partial charge in [0.2, 0.25) is 0 Å². The molecule has 0 saturated heterocycles. The van der Waals surface area contributed by atoms with Crippen molar-refractivity contribution >= 4 is 12.0 Å². The standard InChI is InChI=1S/C21H18N4O/c22-14-18(21(26)23-12-11-16-7-3-1-4-8-16)13-19-15-24-25-20(19)17-9-5-2-6-10-17/h1-10,13,15H,11-12H2,(H,23,26)(H,24,25)/b18-13-. The Labute approximate surface area is 152 Å². The number of benzene rings is 2. The molecular weight excluding hydrogens is 324 g/mol. The van der Waals surface area contributed by atoms with Gasteiger partial charge in [-0.3, -0.25) is 9.89 Å². The van der Waals surface area contributed by atoms with Crippen LogP contribution in [0.5, 0.6) is 0 Å². The molecule has 5 heteroatoms. The normalized spacial score (nSPS) is 11.0. The SMILES string of the molecule is N#C/C(=C/c1cn[nH]c1-c1ccccc1)C(=O)NCCc1ccccc1. The number of hydrogen-bond donors (Lipinski definition) is 2. The summed E-state index contributed by atoms with van der Waals surface area (Å²) in [5, 5.41) is 19.1. The first-order valence-corrected chi connectivity index (χ1v) is 8.30. The second-order valence-electron chi connectivity index (χ2n) is 5.73. The van der Waals surface area contributed by atoms with Crippen LogP contribution in [0.15, 0.2) is 72.4 Å². The lowest BCUT2D eigenvalue weighted by molar-refractivity contribution is -0.117. The van der Waals surface area contributed by atoms with Gasteiger partial charge in [-0.25, -0.2) is 0 Å². The van der Waals surface area contributed by atoms with Gasteiger partial charge in [0.15, 0.2) is 0 Å². The predicted octanol–water partition coefficient (Wildman–Crippen LogP) is 3.34. The van der Waals surface area contributed by atoms with Crippen LogP contribution in [0.1, 0.15) is 11.1 Å². The molecule has 5 nitrogen and oxygen atoms in total. The number of aromatic amines is 1. The molecular formula is C21H18N4O. The zero-order valence-electron chi connectivity index (χ0n) is 14.1. The van der Waals surface area contributed by atoms with Gasteiger partial charge in [-0.05, 0) is 18.1 Å². The summed E-state index contributed by atoms with van der Waals surface area (Å²) in [6.45, 7) is 0.471. The first-order chi connectivity index (χ1) is 12.8. The first kappa shape index (κ1) is 17.2. The Bertz CT molecular complexity index is 937. The van der Waals surface area contributed by atoms with Crippen LogP contribution in [0.2, 0.25) is 0 Å². The van der Waals surface area contributed by atoms with Crippen molar-refractivity contribution in [2.75, 3.05) is 6.54 Å². The van der Waals surface area contributed by atoms with E-state index in [1.165, 1.54) is 0 Å². The summed E-state index contributed by atoms with van der Waals surface area (Å²) >= 11 is 0. The van der Waals surface area contributed by atoms with Crippen molar-refractivity contribution in [3.05, 3.63) is 83.6 Å². The molecule has 0 radical (unpaired) electrons. The molecule has 0 fully saturated rings. The number of nitriles is 1. The molecule has 1 aromatic heterocycles. The van der Waals surface area contributed by atoms with Crippen molar-refractivity contribution in [1.82, 2.24) is 15.5 Å². The summed E-state index contributed by atoms with van der Waals surface area (Å²) in [6.07, 6.45) is 3.88. The van der Waals surface area contributed by atoms with Gasteiger partial charge in [-0.2, -0.15) is 10.4 Å². The van der Waals surface area contributed by atoms with Gasteiger partial charge < -0.3 is 5.32 Å². The van der Waals surface area contributed by atoms with E-state index >= 15 is 0 Å². The number of rotatable bonds is 6. The largest absolute Gasteiger partial charge is 0.351 e. The monoisotopic (exact) mass is 342 g/mol. The molecule has 128 valence electrons. The summed E-state index contributed by atoms with van der Waals surface area (Å²) in [5.74, 6) is -0.386. The summed E-state index contributed by atoms with van der Waals surface area (Å²) < 4.78 is 0. The molecule has 3 rings (SSSR count). The fraction of sp³-hybridized carbons (Fsp3) is 0.0952. The third-order valence-electron chi connectivity index (χ3n) is 3.94. The van der Waals surface area contributed by atoms with Gasteiger partial charge in [-0.1, -0.05) is 60.7 Å². The van der Waals surface area contributed by atoms with Crippen LogP contribution in [0.4, 0.5) is 0 Å². The van der Waals surface area contributed by atoms with Gasteiger partial charge in [0.05, 0.1) is 11.9 Å². The Morgan fingerprint density at radius 3 is 2.50 bits per heavy atom. The fourth-order valence-electron chi connectivity index (χ4n) is 2.61. The highest BCUT2D eigenvalue weighted by Crippen LogP contribution is 2.22. The van der Waals surface area contributed by atoms with E-state index in [-0.39, 0.29) is 11.5 Å². The van der Waals surface area contributed by atoms with Crippen LogP contribution in [-0.4, -0.2) is 22.6 Å². The highest BCUT2D eigenvalue weighted by molar-refractivity contribution is 6.02. The third kappa shape index (κ3) is 4.25. The molecule has 26 heavy (non-hydrogen) atoms. The van der Waals surface area contributed by atoms with Crippen LogP contribution in [0.25, 0.3) is 17.3 Å². The topological polar surface area (TPSA) is 81.6 Å². The highest BCUT2D eigenvalue weighted by atomic mass is 16.1. The number of hydrogen-bond acceptors (Lipinski definition) is 3. The van der Waals surface area contributed by atoms with Gasteiger partial charge >= 0.3 is 0 Å².